The number of aromatic nitrogens is 4. The first-order valence-corrected chi connectivity index (χ1v) is 13.3. The number of hydrogen-bond acceptors (Lipinski definition) is 5. The number of benzene rings is 1. The number of hydrogen-bond donors (Lipinski definition) is 0. The third-order valence-electron chi connectivity index (χ3n) is 8.82. The maximum atomic E-state index is 13.2. The van der Waals surface area contributed by atoms with Gasteiger partial charge in [0.05, 0.1) is 18.2 Å². The van der Waals surface area contributed by atoms with Crippen LogP contribution in [-0.2, 0) is 13.1 Å². The second kappa shape index (κ2) is 8.17. The van der Waals surface area contributed by atoms with Crippen LogP contribution in [0, 0.1) is 18.3 Å². The summed E-state index contributed by atoms with van der Waals surface area (Å²) in [6.07, 6.45) is -1.74. The van der Waals surface area contributed by atoms with E-state index in [1.54, 1.807) is 0 Å². The first kappa shape index (κ1) is 23.5. The van der Waals surface area contributed by atoms with Crippen molar-refractivity contribution in [1.29, 1.82) is 0 Å². The molecule has 7 rings (SSSR count). The number of aryl methyl sites for hydroxylation is 1. The number of pyridine rings is 1. The van der Waals surface area contributed by atoms with E-state index in [9.17, 15) is 13.2 Å². The van der Waals surface area contributed by atoms with Gasteiger partial charge in [-0.05, 0) is 68.5 Å². The molecule has 3 fully saturated rings. The van der Waals surface area contributed by atoms with Crippen LogP contribution in [0.1, 0.15) is 54.5 Å². The molecule has 4 heterocycles. The topological polar surface area (TPSA) is 50.1 Å². The van der Waals surface area contributed by atoms with Crippen LogP contribution in [0.4, 0.5) is 19.0 Å². The molecule has 3 aromatic rings. The summed E-state index contributed by atoms with van der Waals surface area (Å²) in [5.41, 5.74) is 3.33. The van der Waals surface area contributed by atoms with Crippen molar-refractivity contribution in [2.45, 2.75) is 63.8 Å². The number of rotatable bonds is 3. The normalized spacial score (nSPS) is 25.1. The summed E-state index contributed by atoms with van der Waals surface area (Å²) in [7, 11) is 0. The molecule has 194 valence electrons. The highest BCUT2D eigenvalue weighted by Crippen LogP contribution is 2.56. The average molecular weight is 529 g/mol. The van der Waals surface area contributed by atoms with Crippen molar-refractivity contribution in [3.05, 3.63) is 64.3 Å². The monoisotopic (exact) mass is 528 g/mol. The van der Waals surface area contributed by atoms with Crippen LogP contribution in [0.15, 0.2) is 36.4 Å². The lowest BCUT2D eigenvalue weighted by molar-refractivity contribution is -0.207. The first-order valence-electron chi connectivity index (χ1n) is 12.9. The Bertz CT molecular complexity index is 1350. The van der Waals surface area contributed by atoms with Gasteiger partial charge in [-0.1, -0.05) is 17.7 Å². The number of fused-ring (bicyclic) bond motifs is 3. The van der Waals surface area contributed by atoms with Crippen molar-refractivity contribution in [2.24, 2.45) is 11.3 Å². The Morgan fingerprint density at radius 3 is 2.54 bits per heavy atom. The van der Waals surface area contributed by atoms with Crippen molar-refractivity contribution in [3.8, 4) is 5.69 Å². The lowest BCUT2D eigenvalue weighted by Gasteiger charge is -2.59. The predicted molar refractivity (Wildman–Crippen MR) is 134 cm³/mol. The number of alkyl halides is 3. The van der Waals surface area contributed by atoms with Crippen LogP contribution < -0.4 is 4.90 Å². The van der Waals surface area contributed by atoms with E-state index in [1.807, 2.05) is 31.2 Å². The van der Waals surface area contributed by atoms with Crippen molar-refractivity contribution in [2.75, 3.05) is 18.0 Å². The minimum atomic E-state index is -4.12. The molecule has 1 saturated heterocycles. The molecule has 0 atom stereocenters. The highest BCUT2D eigenvalue weighted by molar-refractivity contribution is 6.30. The molecular weight excluding hydrogens is 501 g/mol. The van der Waals surface area contributed by atoms with Crippen LogP contribution in [0.3, 0.4) is 0 Å². The Balaban J connectivity index is 1.11. The molecule has 10 heteroatoms. The van der Waals surface area contributed by atoms with Gasteiger partial charge >= 0.3 is 6.18 Å². The quantitative estimate of drug-likeness (QED) is 0.439. The molecule has 0 unspecified atom stereocenters. The lowest BCUT2D eigenvalue weighted by Crippen LogP contribution is -2.62. The van der Waals surface area contributed by atoms with Crippen LogP contribution in [-0.4, -0.2) is 50.0 Å². The fourth-order valence-electron chi connectivity index (χ4n) is 6.78. The Kier molecular flexibility index (Phi) is 5.18. The zero-order valence-corrected chi connectivity index (χ0v) is 21.3. The smallest absolute Gasteiger partial charge is 0.355 e. The predicted octanol–water partition coefficient (Wildman–Crippen LogP) is 5.66. The Labute approximate surface area is 218 Å². The van der Waals surface area contributed by atoms with Gasteiger partial charge in [0.2, 0.25) is 0 Å². The summed E-state index contributed by atoms with van der Waals surface area (Å²) in [5, 5.41) is 9.82. The lowest BCUT2D eigenvalue weighted by atomic mass is 9.57. The second-order valence-electron chi connectivity index (χ2n) is 11.5. The minimum absolute atomic E-state index is 0.117. The average Bonchev–Trinajstić information content (AvgIpc) is 3.06. The van der Waals surface area contributed by atoms with E-state index in [1.165, 1.54) is 0 Å². The van der Waals surface area contributed by atoms with Crippen LogP contribution >= 0.6 is 11.6 Å². The molecule has 1 aromatic carbocycles. The molecule has 37 heavy (non-hydrogen) atoms. The van der Waals surface area contributed by atoms with Crippen LogP contribution in [0.2, 0.25) is 5.02 Å². The van der Waals surface area contributed by atoms with E-state index >= 15 is 0 Å². The highest BCUT2D eigenvalue weighted by atomic mass is 35.5. The van der Waals surface area contributed by atoms with E-state index < -0.39 is 12.1 Å². The molecule has 0 N–H and O–H groups in total. The fraction of sp³-hybridized carbons (Fsp3) is 0.519. The van der Waals surface area contributed by atoms with Gasteiger partial charge in [0, 0.05) is 47.7 Å². The molecule has 6 nitrogen and oxygen atoms in total. The van der Waals surface area contributed by atoms with Gasteiger partial charge in [0.15, 0.2) is 5.82 Å². The Hall–Kier alpha value is -2.65. The van der Waals surface area contributed by atoms with Gasteiger partial charge in [0.25, 0.3) is 0 Å². The summed E-state index contributed by atoms with van der Waals surface area (Å²) < 4.78 is 41.6. The molecule has 0 amide bonds. The van der Waals surface area contributed by atoms with E-state index in [2.05, 4.69) is 41.7 Å². The largest absolute Gasteiger partial charge is 0.391 e. The third kappa shape index (κ3) is 3.93. The molecule has 0 bridgehead atoms. The Morgan fingerprint density at radius 1 is 1.03 bits per heavy atom. The summed E-state index contributed by atoms with van der Waals surface area (Å²) >= 11 is 6.35. The second-order valence-corrected chi connectivity index (χ2v) is 11.9. The third-order valence-corrected chi connectivity index (χ3v) is 9.06. The van der Waals surface area contributed by atoms with Crippen molar-refractivity contribution in [3.63, 3.8) is 0 Å². The van der Waals surface area contributed by atoms with E-state index in [4.69, 9.17) is 11.6 Å². The van der Waals surface area contributed by atoms with Crippen LogP contribution in [0.25, 0.3) is 5.69 Å². The molecule has 4 aliphatic rings. The standard InChI is InChI=1S/C27H28ClF3N6/c1-16-3-2-4-23(32-16)36-14-26(15-36)10-18(11-26)25-34-33-24-13-35(21-8-19(9-21)27(29,30)31)12-17-7-20(28)5-6-22(17)37(24)25/h2-7,18-19,21H,8-15H2,1H3. The first-order chi connectivity index (χ1) is 17.7. The summed E-state index contributed by atoms with van der Waals surface area (Å²) in [6, 6.07) is 11.8. The zero-order valence-electron chi connectivity index (χ0n) is 20.5. The molecule has 2 saturated carbocycles. The van der Waals surface area contributed by atoms with Gasteiger partial charge in [-0.15, -0.1) is 10.2 Å². The van der Waals surface area contributed by atoms with E-state index in [0.717, 1.165) is 60.3 Å². The van der Waals surface area contributed by atoms with Gasteiger partial charge in [0.1, 0.15) is 11.6 Å². The number of nitrogens with zero attached hydrogens (tertiary/aromatic N) is 6. The SMILES string of the molecule is Cc1cccc(N2CC3(CC(c4nnc5n4-c4ccc(Cl)cc4CN(C4CC(C(F)(F)F)C4)C5)C3)C2)n1. The summed E-state index contributed by atoms with van der Waals surface area (Å²) in [5.74, 6) is 1.89. The van der Waals surface area contributed by atoms with E-state index in [-0.39, 0.29) is 18.9 Å². The van der Waals surface area contributed by atoms with Crippen LogP contribution in [0.5, 0.6) is 0 Å². The number of halogens is 4. The Morgan fingerprint density at radius 2 is 1.81 bits per heavy atom. The molecule has 1 spiro atoms. The van der Waals surface area contributed by atoms with Crippen molar-refractivity contribution < 1.29 is 13.2 Å². The molecule has 2 aliphatic carbocycles. The van der Waals surface area contributed by atoms with Gasteiger partial charge in [-0.25, -0.2) is 4.98 Å². The summed E-state index contributed by atoms with van der Waals surface area (Å²) in [6.45, 7) is 5.06. The molecule has 2 aromatic heterocycles. The molecule has 2 aliphatic heterocycles. The maximum Gasteiger partial charge on any atom is 0.391 e. The van der Waals surface area contributed by atoms with Gasteiger partial charge in [-0.2, -0.15) is 13.2 Å². The maximum absolute atomic E-state index is 13.2. The molecular formula is C27H28ClF3N6. The summed E-state index contributed by atoms with van der Waals surface area (Å²) in [4.78, 5) is 9.12. The minimum Gasteiger partial charge on any atom is -0.355 e. The number of anilines is 1. The highest BCUT2D eigenvalue weighted by Gasteiger charge is 2.55. The van der Waals surface area contributed by atoms with E-state index in [0.29, 0.717) is 29.4 Å². The van der Waals surface area contributed by atoms with Gasteiger partial charge in [-0.3, -0.25) is 9.47 Å². The zero-order chi connectivity index (χ0) is 25.5. The fourth-order valence-corrected chi connectivity index (χ4v) is 6.98. The van der Waals surface area contributed by atoms with Crippen molar-refractivity contribution in [1.82, 2.24) is 24.6 Å². The van der Waals surface area contributed by atoms with Gasteiger partial charge < -0.3 is 4.90 Å². The molecule has 0 radical (unpaired) electrons. The van der Waals surface area contributed by atoms with Crippen molar-refractivity contribution >= 4 is 17.4 Å².